The molecule has 35 heavy (non-hydrogen) atoms. The van der Waals surface area contributed by atoms with E-state index in [4.69, 9.17) is 14.7 Å². The van der Waals surface area contributed by atoms with Crippen LogP contribution in [0.15, 0.2) is 54.7 Å². The highest BCUT2D eigenvalue weighted by Gasteiger charge is 2.25. The number of benzene rings is 2. The van der Waals surface area contributed by atoms with Gasteiger partial charge in [-0.05, 0) is 49.1 Å². The van der Waals surface area contributed by atoms with Gasteiger partial charge in [0.05, 0.1) is 30.6 Å². The van der Waals surface area contributed by atoms with Gasteiger partial charge in [0.15, 0.2) is 5.78 Å². The number of anilines is 3. The monoisotopic (exact) mass is 468 g/mol. The zero-order valence-electron chi connectivity index (χ0n) is 19.8. The van der Waals surface area contributed by atoms with Crippen molar-refractivity contribution in [2.24, 2.45) is 13.0 Å². The van der Waals surface area contributed by atoms with E-state index in [-0.39, 0.29) is 5.78 Å². The lowest BCUT2D eigenvalue weighted by Crippen LogP contribution is -2.37. The number of Topliss-reactive ketones (excluding diaryl/α,β-unsaturated/α-hetero) is 1. The molecule has 8 heteroatoms. The number of nitrogens with zero attached hydrogens (tertiary/aromatic N) is 5. The molecule has 1 N–H and O–H groups in total. The van der Waals surface area contributed by atoms with Gasteiger partial charge in [0.2, 0.25) is 5.95 Å². The highest BCUT2D eigenvalue weighted by molar-refractivity contribution is 5.96. The first-order valence-corrected chi connectivity index (χ1v) is 12.2. The minimum atomic E-state index is 0.225. The number of hydrogen-bond acceptors (Lipinski definition) is 7. The molecular formula is C27H28N6O2. The summed E-state index contributed by atoms with van der Waals surface area (Å²) in [6.07, 6.45) is 4.89. The quantitative estimate of drug-likeness (QED) is 0.397. The van der Waals surface area contributed by atoms with Crippen LogP contribution in [0.2, 0.25) is 0 Å². The zero-order valence-corrected chi connectivity index (χ0v) is 19.8. The summed E-state index contributed by atoms with van der Waals surface area (Å²) in [5.41, 5.74) is 4.54. The molecule has 0 spiro atoms. The molecule has 0 radical (unpaired) electrons. The maximum Gasteiger partial charge on any atom is 0.228 e. The lowest BCUT2D eigenvalue weighted by molar-refractivity contribution is 0.0976. The Labute approximate surface area is 203 Å². The van der Waals surface area contributed by atoms with E-state index in [1.165, 1.54) is 12.8 Å². The Hall–Kier alpha value is -3.78. The third-order valence-corrected chi connectivity index (χ3v) is 6.70. The SMILES string of the molecule is Cn1ncc2ccc(-c3cc(Nc4ccc(C(=O)CC5CC5)cc4)nc(N4CCOCC4)n3)cc21. The summed E-state index contributed by atoms with van der Waals surface area (Å²) >= 11 is 0. The minimum Gasteiger partial charge on any atom is -0.378 e. The van der Waals surface area contributed by atoms with E-state index in [1.807, 2.05) is 48.3 Å². The van der Waals surface area contributed by atoms with Crippen LogP contribution in [0, 0.1) is 5.92 Å². The van der Waals surface area contributed by atoms with Crippen LogP contribution in [0.4, 0.5) is 17.5 Å². The zero-order chi connectivity index (χ0) is 23.8. The molecule has 8 nitrogen and oxygen atoms in total. The molecule has 0 amide bonds. The Bertz CT molecular complexity index is 1370. The molecule has 2 aromatic heterocycles. The van der Waals surface area contributed by atoms with E-state index in [0.29, 0.717) is 37.3 Å². The second kappa shape index (κ2) is 9.11. The summed E-state index contributed by atoms with van der Waals surface area (Å²) in [7, 11) is 1.94. The summed E-state index contributed by atoms with van der Waals surface area (Å²) in [4.78, 5) is 24.3. The van der Waals surface area contributed by atoms with E-state index >= 15 is 0 Å². The number of nitrogens with one attached hydrogen (secondary N) is 1. The number of fused-ring (bicyclic) bond motifs is 1. The fourth-order valence-corrected chi connectivity index (χ4v) is 4.44. The third-order valence-electron chi connectivity index (χ3n) is 6.70. The Morgan fingerprint density at radius 2 is 1.86 bits per heavy atom. The summed E-state index contributed by atoms with van der Waals surface area (Å²) < 4.78 is 7.39. The molecule has 6 rings (SSSR count). The van der Waals surface area contributed by atoms with E-state index in [0.717, 1.165) is 46.5 Å². The number of aryl methyl sites for hydroxylation is 1. The van der Waals surface area contributed by atoms with Crippen molar-refractivity contribution in [1.29, 1.82) is 0 Å². The molecule has 2 fully saturated rings. The molecule has 1 aliphatic carbocycles. The molecule has 1 saturated heterocycles. The predicted octanol–water partition coefficient (Wildman–Crippen LogP) is 4.59. The highest BCUT2D eigenvalue weighted by Crippen LogP contribution is 2.34. The van der Waals surface area contributed by atoms with Gasteiger partial charge in [-0.25, -0.2) is 4.98 Å². The molecule has 3 heterocycles. The van der Waals surface area contributed by atoms with Gasteiger partial charge in [-0.3, -0.25) is 9.48 Å². The minimum absolute atomic E-state index is 0.225. The van der Waals surface area contributed by atoms with E-state index in [2.05, 4.69) is 33.5 Å². The summed E-state index contributed by atoms with van der Waals surface area (Å²) in [5, 5.41) is 8.87. The summed E-state index contributed by atoms with van der Waals surface area (Å²) in [5.74, 6) is 2.20. The van der Waals surface area contributed by atoms with Crippen LogP contribution in [0.3, 0.4) is 0 Å². The Balaban J connectivity index is 1.31. The van der Waals surface area contributed by atoms with Gasteiger partial charge < -0.3 is 15.0 Å². The first-order chi connectivity index (χ1) is 17.1. The standard InChI is InChI=1S/C27H28N6O2/c1-32-24-15-20(4-5-21(24)17-28-32)23-16-26(31-27(30-23)33-10-12-35-13-11-33)29-22-8-6-19(7-9-22)25(34)14-18-2-3-18/h4-9,15-18H,2-3,10-14H2,1H3,(H,29,30,31). The normalized spacial score (nSPS) is 16.0. The molecule has 178 valence electrons. The third kappa shape index (κ3) is 4.74. The summed E-state index contributed by atoms with van der Waals surface area (Å²) in [6.45, 7) is 2.82. The largest absolute Gasteiger partial charge is 0.378 e. The first-order valence-electron chi connectivity index (χ1n) is 12.2. The second-order valence-corrected chi connectivity index (χ2v) is 9.35. The van der Waals surface area contributed by atoms with Crippen molar-refractivity contribution in [2.45, 2.75) is 19.3 Å². The van der Waals surface area contributed by atoms with Crippen LogP contribution in [0.5, 0.6) is 0 Å². The van der Waals surface area contributed by atoms with Gasteiger partial charge in [0.1, 0.15) is 5.82 Å². The maximum atomic E-state index is 12.4. The molecule has 4 aromatic rings. The highest BCUT2D eigenvalue weighted by atomic mass is 16.5. The molecule has 1 aliphatic heterocycles. The fourth-order valence-electron chi connectivity index (χ4n) is 4.44. The average molecular weight is 469 g/mol. The fraction of sp³-hybridized carbons (Fsp3) is 0.333. The molecule has 0 atom stereocenters. The Kier molecular flexibility index (Phi) is 5.66. The molecule has 0 unspecified atom stereocenters. The van der Waals surface area contributed by atoms with E-state index in [9.17, 15) is 4.79 Å². The number of rotatable bonds is 7. The van der Waals surface area contributed by atoms with Crippen LogP contribution in [-0.4, -0.2) is 51.8 Å². The predicted molar refractivity (Wildman–Crippen MR) is 136 cm³/mol. The van der Waals surface area contributed by atoms with Crippen LogP contribution in [-0.2, 0) is 11.8 Å². The first kappa shape index (κ1) is 21.7. The Morgan fingerprint density at radius 3 is 2.63 bits per heavy atom. The van der Waals surface area contributed by atoms with Gasteiger partial charge in [0, 0.05) is 54.8 Å². The molecule has 1 saturated carbocycles. The Morgan fingerprint density at radius 1 is 1.06 bits per heavy atom. The number of ketones is 1. The molecule has 2 aliphatic rings. The lowest BCUT2D eigenvalue weighted by Gasteiger charge is -2.27. The lowest BCUT2D eigenvalue weighted by atomic mass is 10.1. The smallest absolute Gasteiger partial charge is 0.228 e. The number of carbonyl (C=O) groups is 1. The van der Waals surface area contributed by atoms with E-state index in [1.54, 1.807) is 0 Å². The molecular weight excluding hydrogens is 440 g/mol. The van der Waals surface area contributed by atoms with Gasteiger partial charge in [-0.15, -0.1) is 0 Å². The average Bonchev–Trinajstić information content (AvgIpc) is 3.64. The van der Waals surface area contributed by atoms with Crippen molar-refractivity contribution in [3.63, 3.8) is 0 Å². The number of carbonyl (C=O) groups excluding carboxylic acids is 1. The van der Waals surface area contributed by atoms with Crippen LogP contribution < -0.4 is 10.2 Å². The van der Waals surface area contributed by atoms with Crippen molar-refractivity contribution < 1.29 is 9.53 Å². The van der Waals surface area contributed by atoms with Crippen molar-refractivity contribution >= 4 is 34.1 Å². The second-order valence-electron chi connectivity index (χ2n) is 9.35. The number of hydrogen-bond donors (Lipinski definition) is 1. The van der Waals surface area contributed by atoms with Crippen LogP contribution >= 0.6 is 0 Å². The molecule has 2 aromatic carbocycles. The van der Waals surface area contributed by atoms with Gasteiger partial charge in [-0.1, -0.05) is 12.1 Å². The van der Waals surface area contributed by atoms with Crippen LogP contribution in [0.25, 0.3) is 22.2 Å². The van der Waals surface area contributed by atoms with Crippen LogP contribution in [0.1, 0.15) is 29.6 Å². The van der Waals surface area contributed by atoms with Crippen molar-refractivity contribution in [2.75, 3.05) is 36.5 Å². The number of aromatic nitrogens is 4. The van der Waals surface area contributed by atoms with Gasteiger partial charge in [0.25, 0.3) is 0 Å². The van der Waals surface area contributed by atoms with Crippen molar-refractivity contribution in [1.82, 2.24) is 19.7 Å². The summed E-state index contributed by atoms with van der Waals surface area (Å²) in [6, 6.07) is 15.9. The van der Waals surface area contributed by atoms with Gasteiger partial charge >= 0.3 is 0 Å². The van der Waals surface area contributed by atoms with Gasteiger partial charge in [-0.2, -0.15) is 10.1 Å². The number of morpholine rings is 1. The van der Waals surface area contributed by atoms with Crippen molar-refractivity contribution in [3.05, 3.63) is 60.3 Å². The number of ether oxygens (including phenoxy) is 1. The van der Waals surface area contributed by atoms with Crippen molar-refractivity contribution in [3.8, 4) is 11.3 Å². The maximum absolute atomic E-state index is 12.4. The van der Waals surface area contributed by atoms with E-state index < -0.39 is 0 Å². The molecule has 0 bridgehead atoms. The topological polar surface area (TPSA) is 85.2 Å².